The van der Waals surface area contributed by atoms with Gasteiger partial charge in [0.1, 0.15) is 11.5 Å². The van der Waals surface area contributed by atoms with Gasteiger partial charge in [-0.25, -0.2) is 13.8 Å². The predicted molar refractivity (Wildman–Crippen MR) is 66.3 cm³/mol. The third-order valence-electron chi connectivity index (χ3n) is 2.78. The summed E-state index contributed by atoms with van der Waals surface area (Å²) in [4.78, 5) is 21.4. The van der Waals surface area contributed by atoms with Crippen LogP contribution in [0.5, 0.6) is 0 Å². The van der Waals surface area contributed by atoms with E-state index in [1.165, 1.54) is 0 Å². The van der Waals surface area contributed by atoms with Crippen LogP contribution in [0.2, 0.25) is 0 Å². The summed E-state index contributed by atoms with van der Waals surface area (Å²) >= 11 is 0. The first-order valence-corrected chi connectivity index (χ1v) is 8.34. The summed E-state index contributed by atoms with van der Waals surface area (Å²) in [5, 5.41) is 0. The standard InChI is InChI=1S/C9H9F2N2O6PS/c10-6-1-2-13-7(5-12-8(13)3-6)4-9(11,20(14,15)16)21(17,18)19/h1-3,5H,4H2,(H2,14,15,16)(H,17,18,19). The average Bonchev–Trinajstić information content (AvgIpc) is 2.68. The third-order valence-corrected chi connectivity index (χ3v) is 6.15. The van der Waals surface area contributed by atoms with E-state index >= 15 is 0 Å². The SMILES string of the molecule is O=P(O)(O)C(F)(Cc1cnc2cc(F)ccn12)S(=O)(=O)O. The molecule has 0 saturated heterocycles. The fourth-order valence-electron chi connectivity index (χ4n) is 1.71. The lowest BCUT2D eigenvalue weighted by Gasteiger charge is -2.22. The molecule has 1 atom stereocenters. The van der Waals surface area contributed by atoms with Gasteiger partial charge in [-0.05, 0) is 6.07 Å². The van der Waals surface area contributed by atoms with E-state index in [2.05, 4.69) is 4.98 Å². The van der Waals surface area contributed by atoms with Gasteiger partial charge in [0.05, 0.1) is 6.42 Å². The van der Waals surface area contributed by atoms with Crippen molar-refractivity contribution >= 4 is 23.4 Å². The molecule has 0 aromatic carbocycles. The van der Waals surface area contributed by atoms with E-state index in [9.17, 15) is 21.8 Å². The second-order valence-electron chi connectivity index (χ2n) is 4.21. The van der Waals surface area contributed by atoms with Gasteiger partial charge in [0.2, 0.25) is 0 Å². The Balaban J connectivity index is 2.58. The molecule has 0 radical (unpaired) electrons. The van der Waals surface area contributed by atoms with Crippen LogP contribution in [0.15, 0.2) is 24.5 Å². The van der Waals surface area contributed by atoms with Crippen LogP contribution in [0.1, 0.15) is 5.69 Å². The van der Waals surface area contributed by atoms with Gasteiger partial charge in [-0.3, -0.25) is 9.12 Å². The normalized spacial score (nSPS) is 16.0. The van der Waals surface area contributed by atoms with Gasteiger partial charge in [0.25, 0.3) is 0 Å². The van der Waals surface area contributed by atoms with Gasteiger partial charge >= 0.3 is 22.5 Å². The number of fused-ring (bicyclic) bond motifs is 1. The Morgan fingerprint density at radius 1 is 1.43 bits per heavy atom. The van der Waals surface area contributed by atoms with Gasteiger partial charge in [-0.15, -0.1) is 0 Å². The predicted octanol–water partition coefficient (Wildman–Crippen LogP) is 0.705. The zero-order chi connectivity index (χ0) is 16.1. The number of imidazole rings is 1. The van der Waals surface area contributed by atoms with Crippen LogP contribution >= 0.6 is 7.60 Å². The van der Waals surface area contributed by atoms with E-state index in [4.69, 9.17) is 14.3 Å². The third kappa shape index (κ3) is 2.70. The molecule has 0 fully saturated rings. The lowest BCUT2D eigenvalue weighted by molar-refractivity contribution is 0.251. The van der Waals surface area contributed by atoms with Crippen molar-refractivity contribution in [2.45, 2.75) is 11.2 Å². The van der Waals surface area contributed by atoms with E-state index in [-0.39, 0.29) is 11.3 Å². The van der Waals surface area contributed by atoms with E-state index in [0.29, 0.717) is 0 Å². The van der Waals surface area contributed by atoms with Crippen LogP contribution in [0.25, 0.3) is 5.65 Å². The Morgan fingerprint density at radius 3 is 2.57 bits per heavy atom. The molecule has 116 valence electrons. The molecule has 12 heteroatoms. The minimum atomic E-state index is -5.86. The summed E-state index contributed by atoms with van der Waals surface area (Å²) in [6, 6.07) is 1.91. The number of pyridine rings is 1. The summed E-state index contributed by atoms with van der Waals surface area (Å²) in [6.45, 7) is 0. The van der Waals surface area contributed by atoms with Crippen molar-refractivity contribution in [1.29, 1.82) is 0 Å². The number of hydrogen-bond acceptors (Lipinski definition) is 4. The molecule has 0 saturated carbocycles. The number of nitrogens with zero attached hydrogens (tertiary/aromatic N) is 2. The van der Waals surface area contributed by atoms with Crippen molar-refractivity contribution in [1.82, 2.24) is 9.38 Å². The smallest absolute Gasteiger partial charge is 0.321 e. The zero-order valence-electron chi connectivity index (χ0n) is 10.1. The molecule has 0 bridgehead atoms. The summed E-state index contributed by atoms with van der Waals surface area (Å²) in [7, 11) is -11.6. The maximum absolute atomic E-state index is 14.3. The van der Waals surface area contributed by atoms with Crippen molar-refractivity contribution in [2.75, 3.05) is 0 Å². The van der Waals surface area contributed by atoms with Crippen molar-refractivity contribution in [3.05, 3.63) is 36.0 Å². The largest absolute Gasteiger partial charge is 0.381 e. The summed E-state index contributed by atoms with van der Waals surface area (Å²) in [5.74, 6) is -0.657. The highest BCUT2D eigenvalue weighted by Crippen LogP contribution is 2.56. The second-order valence-corrected chi connectivity index (χ2v) is 7.90. The van der Waals surface area contributed by atoms with Gasteiger partial charge in [0.15, 0.2) is 0 Å². The van der Waals surface area contributed by atoms with Crippen molar-refractivity contribution in [2.24, 2.45) is 0 Å². The van der Waals surface area contributed by atoms with Crippen molar-refractivity contribution < 1.29 is 36.1 Å². The van der Waals surface area contributed by atoms with Crippen molar-refractivity contribution in [3.63, 3.8) is 0 Å². The summed E-state index contributed by atoms with van der Waals surface area (Å²) < 4.78 is 66.0. The highest BCUT2D eigenvalue weighted by Gasteiger charge is 2.59. The van der Waals surface area contributed by atoms with E-state index in [1.807, 2.05) is 0 Å². The molecule has 2 heterocycles. The molecule has 8 nitrogen and oxygen atoms in total. The molecule has 3 N–H and O–H groups in total. The molecule has 0 aliphatic rings. The molecular weight excluding hydrogens is 333 g/mol. The van der Waals surface area contributed by atoms with Crippen molar-refractivity contribution in [3.8, 4) is 0 Å². The lowest BCUT2D eigenvalue weighted by atomic mass is 10.3. The maximum Gasteiger partial charge on any atom is 0.381 e. The summed E-state index contributed by atoms with van der Waals surface area (Å²) in [6.07, 6.45) is 0.643. The zero-order valence-corrected chi connectivity index (χ0v) is 11.8. The highest BCUT2D eigenvalue weighted by atomic mass is 32.2. The monoisotopic (exact) mass is 342 g/mol. The van der Waals surface area contributed by atoms with Crippen LogP contribution in [0.4, 0.5) is 8.78 Å². The molecule has 0 aliphatic heterocycles. The molecule has 2 rings (SSSR count). The second kappa shape index (κ2) is 4.82. The van der Waals surface area contributed by atoms with Crippen LogP contribution in [0.3, 0.4) is 0 Å². The average molecular weight is 342 g/mol. The topological polar surface area (TPSA) is 129 Å². The Hall–Kier alpha value is -1.39. The highest BCUT2D eigenvalue weighted by molar-refractivity contribution is 7.94. The van der Waals surface area contributed by atoms with Gasteiger partial charge in [0, 0.05) is 24.2 Å². The van der Waals surface area contributed by atoms with Gasteiger partial charge < -0.3 is 14.2 Å². The fourth-order valence-corrected chi connectivity index (χ4v) is 3.61. The van der Waals surface area contributed by atoms with Crippen LogP contribution < -0.4 is 0 Å². The number of aromatic nitrogens is 2. The maximum atomic E-state index is 14.3. The molecule has 0 amide bonds. The first kappa shape index (κ1) is 16.0. The minimum absolute atomic E-state index is 0.0200. The fraction of sp³-hybridized carbons (Fsp3) is 0.222. The van der Waals surface area contributed by atoms with Crippen LogP contribution in [0, 0.1) is 5.82 Å². The van der Waals surface area contributed by atoms with Crippen LogP contribution in [-0.2, 0) is 21.1 Å². The molecule has 2 aromatic rings. The number of hydrogen-bond donors (Lipinski definition) is 3. The molecule has 2 aromatic heterocycles. The molecule has 0 aliphatic carbocycles. The van der Waals surface area contributed by atoms with Crippen LogP contribution in [-0.4, -0.2) is 36.9 Å². The van der Waals surface area contributed by atoms with E-state index in [0.717, 1.165) is 28.9 Å². The quantitative estimate of drug-likeness (QED) is 0.551. The summed E-state index contributed by atoms with van der Waals surface area (Å²) in [5.41, 5.74) is -0.290. The molecular formula is C9H9F2N2O6PS. The molecule has 1 unspecified atom stereocenters. The molecule has 21 heavy (non-hydrogen) atoms. The first-order chi connectivity index (χ1) is 9.46. The van der Waals surface area contributed by atoms with E-state index < -0.39 is 34.7 Å². The Labute approximate surface area is 117 Å². The van der Waals surface area contributed by atoms with E-state index in [1.54, 1.807) is 0 Å². The first-order valence-electron chi connectivity index (χ1n) is 5.29. The van der Waals surface area contributed by atoms with Gasteiger partial charge in [-0.2, -0.15) is 8.42 Å². The number of rotatable bonds is 4. The Morgan fingerprint density at radius 2 is 2.05 bits per heavy atom. The minimum Gasteiger partial charge on any atom is -0.321 e. The van der Waals surface area contributed by atoms with Gasteiger partial charge in [-0.1, -0.05) is 0 Å². The molecule has 0 spiro atoms. The Bertz CT molecular complexity index is 847. The Kier molecular flexibility index (Phi) is 3.67. The lowest BCUT2D eigenvalue weighted by Crippen LogP contribution is -2.36. The number of alkyl halides is 1. The number of halogens is 2.